The van der Waals surface area contributed by atoms with Crippen LogP contribution in [-0.4, -0.2) is 12.1 Å². The number of hydrogen-bond acceptors (Lipinski definition) is 2. The number of nitrogens with one attached hydrogen (secondary N) is 1. The van der Waals surface area contributed by atoms with Crippen LogP contribution in [0.4, 0.5) is 0 Å². The molecular weight excluding hydrogens is 250 g/mol. The molecule has 0 unspecified atom stereocenters. The van der Waals surface area contributed by atoms with Crippen molar-refractivity contribution in [3.63, 3.8) is 0 Å². The molecule has 0 atom stereocenters. The number of hydrogen-bond donors (Lipinski definition) is 1. The van der Waals surface area contributed by atoms with Crippen molar-refractivity contribution in [1.29, 1.82) is 0 Å². The summed E-state index contributed by atoms with van der Waals surface area (Å²) in [6.07, 6.45) is 1.93. The van der Waals surface area contributed by atoms with Gasteiger partial charge in [-0.1, -0.05) is 30.3 Å². The van der Waals surface area contributed by atoms with Gasteiger partial charge in [0.2, 0.25) is 0 Å². The van der Waals surface area contributed by atoms with Gasteiger partial charge in [0.15, 0.2) is 0 Å². The van der Waals surface area contributed by atoms with E-state index in [1.807, 2.05) is 30.5 Å². The second kappa shape index (κ2) is 5.80. The average Bonchev–Trinajstić information content (AvgIpc) is 2.93. The van der Waals surface area contributed by atoms with Crippen molar-refractivity contribution in [3.05, 3.63) is 65.9 Å². The van der Waals surface area contributed by atoms with Crippen LogP contribution >= 0.6 is 0 Å². The monoisotopic (exact) mass is 267 g/mol. The highest BCUT2D eigenvalue weighted by Crippen LogP contribution is 2.26. The molecule has 0 aliphatic rings. The van der Waals surface area contributed by atoms with E-state index in [4.69, 9.17) is 9.47 Å². The zero-order valence-corrected chi connectivity index (χ0v) is 11.4. The largest absolute Gasteiger partial charge is 0.489 e. The van der Waals surface area contributed by atoms with Gasteiger partial charge in [-0.25, -0.2) is 0 Å². The molecule has 3 heteroatoms. The van der Waals surface area contributed by atoms with E-state index in [9.17, 15) is 0 Å². The second-order valence-corrected chi connectivity index (χ2v) is 4.73. The fourth-order valence-electron chi connectivity index (χ4n) is 2.26. The molecule has 1 aromatic heterocycles. The van der Waals surface area contributed by atoms with Crippen LogP contribution in [-0.2, 0) is 18.0 Å². The molecule has 102 valence electrons. The van der Waals surface area contributed by atoms with E-state index in [2.05, 4.69) is 29.2 Å². The van der Waals surface area contributed by atoms with Gasteiger partial charge in [-0.05, 0) is 23.8 Å². The Kier molecular flexibility index (Phi) is 3.70. The van der Waals surface area contributed by atoms with Crippen molar-refractivity contribution in [2.75, 3.05) is 7.11 Å². The van der Waals surface area contributed by atoms with Crippen LogP contribution in [0, 0.1) is 0 Å². The Balaban J connectivity index is 1.86. The molecule has 0 spiro atoms. The number of benzene rings is 2. The van der Waals surface area contributed by atoms with Crippen LogP contribution < -0.4 is 4.74 Å². The van der Waals surface area contributed by atoms with E-state index in [0.29, 0.717) is 13.2 Å². The van der Waals surface area contributed by atoms with Gasteiger partial charge < -0.3 is 14.5 Å². The lowest BCUT2D eigenvalue weighted by molar-refractivity contribution is 0.179. The first-order valence-electron chi connectivity index (χ1n) is 6.62. The number of rotatable bonds is 5. The molecule has 0 bridgehead atoms. The topological polar surface area (TPSA) is 34.2 Å². The smallest absolute Gasteiger partial charge is 0.126 e. The lowest BCUT2D eigenvalue weighted by Gasteiger charge is -2.11. The van der Waals surface area contributed by atoms with Gasteiger partial charge in [-0.15, -0.1) is 0 Å². The molecule has 2 aromatic carbocycles. The van der Waals surface area contributed by atoms with Crippen LogP contribution in [0.5, 0.6) is 5.75 Å². The van der Waals surface area contributed by atoms with Crippen molar-refractivity contribution in [1.82, 2.24) is 4.98 Å². The zero-order valence-electron chi connectivity index (χ0n) is 11.4. The molecule has 20 heavy (non-hydrogen) atoms. The molecule has 0 amide bonds. The van der Waals surface area contributed by atoms with Gasteiger partial charge in [0.25, 0.3) is 0 Å². The van der Waals surface area contributed by atoms with E-state index in [0.717, 1.165) is 27.8 Å². The lowest BCUT2D eigenvalue weighted by atomic mass is 10.1. The predicted molar refractivity (Wildman–Crippen MR) is 79.8 cm³/mol. The molecule has 1 N–H and O–H groups in total. The van der Waals surface area contributed by atoms with Crippen molar-refractivity contribution < 1.29 is 9.47 Å². The summed E-state index contributed by atoms with van der Waals surface area (Å²) in [5.41, 5.74) is 3.31. The Morgan fingerprint density at radius 1 is 1.00 bits per heavy atom. The number of H-pyrrole nitrogens is 1. The van der Waals surface area contributed by atoms with Crippen LogP contribution in [0.1, 0.15) is 11.1 Å². The lowest BCUT2D eigenvalue weighted by Crippen LogP contribution is -1.99. The molecule has 0 saturated carbocycles. The van der Waals surface area contributed by atoms with Gasteiger partial charge in [-0.2, -0.15) is 0 Å². The molecule has 3 nitrogen and oxygen atoms in total. The standard InChI is InChI=1S/C17H17NO2/c1-19-12-15-9-16-14(7-8-18-16)10-17(15)20-11-13-5-3-2-4-6-13/h2-10,18H,11-12H2,1H3. The maximum atomic E-state index is 5.96. The van der Waals surface area contributed by atoms with Gasteiger partial charge in [0.1, 0.15) is 12.4 Å². The highest BCUT2D eigenvalue weighted by Gasteiger charge is 2.07. The Labute approximate surface area is 118 Å². The van der Waals surface area contributed by atoms with Crippen LogP contribution in [0.2, 0.25) is 0 Å². The third kappa shape index (κ3) is 2.68. The molecule has 0 aliphatic carbocycles. The minimum Gasteiger partial charge on any atom is -0.489 e. The number of aromatic nitrogens is 1. The van der Waals surface area contributed by atoms with Crippen molar-refractivity contribution >= 4 is 10.9 Å². The van der Waals surface area contributed by atoms with Crippen molar-refractivity contribution in [2.45, 2.75) is 13.2 Å². The molecular formula is C17H17NO2. The normalized spacial score (nSPS) is 10.8. The predicted octanol–water partition coefficient (Wildman–Crippen LogP) is 3.89. The summed E-state index contributed by atoms with van der Waals surface area (Å²) in [7, 11) is 1.69. The van der Waals surface area contributed by atoms with E-state index < -0.39 is 0 Å². The Morgan fingerprint density at radius 2 is 1.85 bits per heavy atom. The Morgan fingerprint density at radius 3 is 2.65 bits per heavy atom. The molecule has 0 fully saturated rings. The first-order chi connectivity index (χ1) is 9.86. The average molecular weight is 267 g/mol. The second-order valence-electron chi connectivity index (χ2n) is 4.73. The molecule has 3 aromatic rings. The summed E-state index contributed by atoms with van der Waals surface area (Å²) in [4.78, 5) is 3.21. The van der Waals surface area contributed by atoms with Crippen LogP contribution in [0.25, 0.3) is 10.9 Å². The summed E-state index contributed by atoms with van der Waals surface area (Å²) in [5, 5.41) is 1.15. The summed E-state index contributed by atoms with van der Waals surface area (Å²) < 4.78 is 11.2. The summed E-state index contributed by atoms with van der Waals surface area (Å²) in [5.74, 6) is 0.878. The highest BCUT2D eigenvalue weighted by atomic mass is 16.5. The maximum absolute atomic E-state index is 5.96. The number of methoxy groups -OCH3 is 1. The SMILES string of the molecule is COCc1cc2[nH]ccc2cc1OCc1ccccc1. The summed E-state index contributed by atoms with van der Waals surface area (Å²) in [6.45, 7) is 1.10. The minimum atomic E-state index is 0.541. The first kappa shape index (κ1) is 12.8. The van der Waals surface area contributed by atoms with Gasteiger partial charge in [0, 0.05) is 29.8 Å². The minimum absolute atomic E-state index is 0.541. The van der Waals surface area contributed by atoms with Crippen molar-refractivity contribution in [2.24, 2.45) is 0 Å². The molecule has 0 saturated heterocycles. The van der Waals surface area contributed by atoms with Crippen LogP contribution in [0.3, 0.4) is 0 Å². The number of ether oxygens (including phenoxy) is 2. The summed E-state index contributed by atoms with van der Waals surface area (Å²) >= 11 is 0. The molecule has 3 rings (SSSR count). The van der Waals surface area contributed by atoms with E-state index in [1.165, 1.54) is 0 Å². The molecule has 0 radical (unpaired) electrons. The quantitative estimate of drug-likeness (QED) is 0.761. The highest BCUT2D eigenvalue weighted by molar-refractivity contribution is 5.82. The third-order valence-electron chi connectivity index (χ3n) is 3.27. The van der Waals surface area contributed by atoms with E-state index in [1.54, 1.807) is 7.11 Å². The number of fused-ring (bicyclic) bond motifs is 1. The Bertz CT molecular complexity index is 689. The van der Waals surface area contributed by atoms with Crippen LogP contribution in [0.15, 0.2) is 54.7 Å². The fraction of sp³-hybridized carbons (Fsp3) is 0.176. The third-order valence-corrected chi connectivity index (χ3v) is 3.27. The van der Waals surface area contributed by atoms with Gasteiger partial charge >= 0.3 is 0 Å². The van der Waals surface area contributed by atoms with Crippen molar-refractivity contribution in [3.8, 4) is 5.75 Å². The zero-order chi connectivity index (χ0) is 13.8. The van der Waals surface area contributed by atoms with E-state index in [-0.39, 0.29) is 0 Å². The maximum Gasteiger partial charge on any atom is 0.126 e. The van der Waals surface area contributed by atoms with E-state index >= 15 is 0 Å². The summed E-state index contributed by atoms with van der Waals surface area (Å²) in [6, 6.07) is 16.3. The number of aromatic amines is 1. The molecule has 1 heterocycles. The fourth-order valence-corrected chi connectivity index (χ4v) is 2.26. The Hall–Kier alpha value is -2.26. The van der Waals surface area contributed by atoms with Gasteiger partial charge in [-0.3, -0.25) is 0 Å². The van der Waals surface area contributed by atoms with Gasteiger partial charge in [0.05, 0.1) is 6.61 Å². The first-order valence-corrected chi connectivity index (χ1v) is 6.62. The molecule has 0 aliphatic heterocycles.